The lowest BCUT2D eigenvalue weighted by molar-refractivity contribution is 0.535. The molecule has 1 fully saturated rings. The lowest BCUT2D eigenvalue weighted by atomic mass is 10.2. The first kappa shape index (κ1) is 14.0. The number of nitrogens with one attached hydrogen (secondary N) is 1. The molecular formula is C17H19N5O. The molecule has 3 heterocycles. The molecule has 0 saturated carbocycles. The van der Waals surface area contributed by atoms with Gasteiger partial charge in [0.2, 0.25) is 5.95 Å². The fraction of sp³-hybridized carbons (Fsp3) is 0.353. The fourth-order valence-electron chi connectivity index (χ4n) is 3.34. The van der Waals surface area contributed by atoms with E-state index in [2.05, 4.69) is 24.4 Å². The number of imidazole rings is 1. The molecule has 6 heteroatoms. The Morgan fingerprint density at radius 1 is 1.35 bits per heavy atom. The largest absolute Gasteiger partial charge is 0.338 e. The van der Waals surface area contributed by atoms with Gasteiger partial charge in [0.05, 0.1) is 10.9 Å². The lowest BCUT2D eigenvalue weighted by Crippen LogP contribution is -2.35. The number of aryl methyl sites for hydroxylation is 1. The van der Waals surface area contributed by atoms with Crippen LogP contribution < -0.4 is 10.5 Å². The van der Waals surface area contributed by atoms with Crippen LogP contribution in [0.25, 0.3) is 10.9 Å². The Morgan fingerprint density at radius 3 is 3.04 bits per heavy atom. The molecule has 0 bridgehead atoms. The molecule has 2 aromatic heterocycles. The molecule has 1 aliphatic heterocycles. The van der Waals surface area contributed by atoms with Crippen molar-refractivity contribution in [3.05, 3.63) is 52.8 Å². The maximum absolute atomic E-state index is 12.3. The number of nitrogens with zero attached hydrogens (tertiary/aromatic N) is 4. The zero-order chi connectivity index (χ0) is 15.8. The highest BCUT2D eigenvalue weighted by molar-refractivity contribution is 5.78. The van der Waals surface area contributed by atoms with Crippen molar-refractivity contribution in [2.24, 2.45) is 0 Å². The van der Waals surface area contributed by atoms with Crippen molar-refractivity contribution in [2.45, 2.75) is 32.4 Å². The van der Waals surface area contributed by atoms with Gasteiger partial charge in [0.15, 0.2) is 0 Å². The second-order valence-electron chi connectivity index (χ2n) is 6.02. The van der Waals surface area contributed by atoms with E-state index >= 15 is 0 Å². The average molecular weight is 309 g/mol. The Morgan fingerprint density at radius 2 is 2.22 bits per heavy atom. The number of hydrogen-bond acceptors (Lipinski definition) is 4. The summed E-state index contributed by atoms with van der Waals surface area (Å²) in [6, 6.07) is 7.79. The Balaban J connectivity index is 1.69. The number of para-hydroxylation sites is 1. The number of benzene rings is 1. The van der Waals surface area contributed by atoms with Gasteiger partial charge in [-0.2, -0.15) is 0 Å². The molecule has 1 atom stereocenters. The van der Waals surface area contributed by atoms with Gasteiger partial charge in [0, 0.05) is 31.5 Å². The van der Waals surface area contributed by atoms with Crippen molar-refractivity contribution in [1.82, 2.24) is 19.5 Å². The summed E-state index contributed by atoms with van der Waals surface area (Å²) >= 11 is 0. The van der Waals surface area contributed by atoms with Crippen molar-refractivity contribution in [3.63, 3.8) is 0 Å². The monoisotopic (exact) mass is 309 g/mol. The minimum absolute atomic E-state index is 0.0740. The minimum atomic E-state index is -0.0740. The lowest BCUT2D eigenvalue weighted by Gasteiger charge is -2.26. The Labute approximate surface area is 133 Å². The summed E-state index contributed by atoms with van der Waals surface area (Å²) in [5.74, 6) is 1.69. The van der Waals surface area contributed by atoms with Gasteiger partial charge in [-0.25, -0.2) is 9.97 Å². The highest BCUT2D eigenvalue weighted by Crippen LogP contribution is 2.24. The quantitative estimate of drug-likeness (QED) is 0.804. The van der Waals surface area contributed by atoms with Crippen molar-refractivity contribution in [3.8, 4) is 0 Å². The predicted octanol–water partition coefficient (Wildman–Crippen LogP) is 2.10. The number of hydrogen-bond donors (Lipinski definition) is 1. The van der Waals surface area contributed by atoms with Crippen molar-refractivity contribution in [2.75, 3.05) is 11.4 Å². The molecule has 1 aliphatic rings. The first-order valence-corrected chi connectivity index (χ1v) is 7.96. The number of anilines is 1. The average Bonchev–Trinajstić information content (AvgIpc) is 3.17. The molecule has 0 unspecified atom stereocenters. The molecule has 0 aliphatic carbocycles. The van der Waals surface area contributed by atoms with Crippen molar-refractivity contribution >= 4 is 16.9 Å². The third-order valence-electron chi connectivity index (χ3n) is 4.58. The van der Waals surface area contributed by atoms with Gasteiger partial charge in [0.1, 0.15) is 5.82 Å². The van der Waals surface area contributed by atoms with E-state index in [9.17, 15) is 4.79 Å². The van der Waals surface area contributed by atoms with E-state index in [0.29, 0.717) is 17.4 Å². The Hall–Kier alpha value is -2.63. The van der Waals surface area contributed by atoms with Gasteiger partial charge >= 0.3 is 0 Å². The molecule has 4 rings (SSSR count). The smallest absolute Gasteiger partial charge is 0.260 e. The van der Waals surface area contributed by atoms with Gasteiger partial charge in [-0.05, 0) is 31.9 Å². The number of fused-ring (bicyclic) bond motifs is 1. The summed E-state index contributed by atoms with van der Waals surface area (Å²) in [5, 5.41) is 0.637. The fourth-order valence-corrected chi connectivity index (χ4v) is 3.34. The van der Waals surface area contributed by atoms with Crippen LogP contribution in [0.15, 0.2) is 41.5 Å². The molecule has 0 spiro atoms. The summed E-state index contributed by atoms with van der Waals surface area (Å²) in [5.41, 5.74) is 0.672. The molecule has 23 heavy (non-hydrogen) atoms. The summed E-state index contributed by atoms with van der Waals surface area (Å²) < 4.78 is 2.15. The molecule has 1 N–H and O–H groups in total. The van der Waals surface area contributed by atoms with Gasteiger partial charge in [0.25, 0.3) is 5.56 Å². The third-order valence-corrected chi connectivity index (χ3v) is 4.58. The number of aromatic nitrogens is 4. The van der Waals surface area contributed by atoms with Gasteiger partial charge in [-0.15, -0.1) is 0 Å². The van der Waals surface area contributed by atoms with Crippen LogP contribution in [-0.4, -0.2) is 32.1 Å². The van der Waals surface area contributed by atoms with Crippen LogP contribution in [-0.2, 0) is 6.54 Å². The van der Waals surface area contributed by atoms with E-state index in [1.54, 1.807) is 6.07 Å². The maximum atomic E-state index is 12.3. The topological polar surface area (TPSA) is 66.8 Å². The first-order valence-electron chi connectivity index (χ1n) is 7.96. The van der Waals surface area contributed by atoms with Crippen LogP contribution in [0.4, 0.5) is 5.95 Å². The molecule has 0 radical (unpaired) electrons. The van der Waals surface area contributed by atoms with E-state index in [0.717, 1.165) is 37.3 Å². The van der Waals surface area contributed by atoms with E-state index in [1.165, 1.54) is 0 Å². The van der Waals surface area contributed by atoms with E-state index in [4.69, 9.17) is 0 Å². The van der Waals surface area contributed by atoms with Crippen molar-refractivity contribution in [1.29, 1.82) is 0 Å². The van der Waals surface area contributed by atoms with Crippen LogP contribution >= 0.6 is 0 Å². The molecule has 3 aromatic rings. The Kier molecular flexibility index (Phi) is 3.37. The van der Waals surface area contributed by atoms with Gasteiger partial charge < -0.3 is 9.47 Å². The van der Waals surface area contributed by atoms with Crippen LogP contribution in [0.2, 0.25) is 0 Å². The molecule has 1 saturated heterocycles. The molecule has 0 amide bonds. The highest BCUT2D eigenvalue weighted by atomic mass is 16.1. The van der Waals surface area contributed by atoms with Gasteiger partial charge in [-0.3, -0.25) is 9.78 Å². The molecule has 118 valence electrons. The standard InChI is InChI=1S/C17H19N5O/c1-12-18-8-10-21(12)11-13-5-4-9-22(13)17-19-15-7-3-2-6-14(15)16(23)20-17/h2-3,6-8,10,13H,4-5,9,11H2,1H3,(H,19,20,23)/t13-/m0/s1. The van der Waals surface area contributed by atoms with Crippen LogP contribution in [0, 0.1) is 6.92 Å². The predicted molar refractivity (Wildman–Crippen MR) is 89.7 cm³/mol. The molecule has 1 aromatic carbocycles. The minimum Gasteiger partial charge on any atom is -0.338 e. The summed E-state index contributed by atoms with van der Waals surface area (Å²) in [7, 11) is 0. The molecule has 6 nitrogen and oxygen atoms in total. The van der Waals surface area contributed by atoms with Crippen LogP contribution in [0.1, 0.15) is 18.7 Å². The highest BCUT2D eigenvalue weighted by Gasteiger charge is 2.27. The summed E-state index contributed by atoms with van der Waals surface area (Å²) in [6.45, 7) is 3.79. The zero-order valence-electron chi connectivity index (χ0n) is 13.1. The maximum Gasteiger partial charge on any atom is 0.260 e. The van der Waals surface area contributed by atoms with Crippen molar-refractivity contribution < 1.29 is 0 Å². The second kappa shape index (κ2) is 5.53. The summed E-state index contributed by atoms with van der Waals surface area (Å²) in [4.78, 5) is 26.4. The number of aromatic amines is 1. The second-order valence-corrected chi connectivity index (χ2v) is 6.02. The van der Waals surface area contributed by atoms with E-state index < -0.39 is 0 Å². The normalized spacial score (nSPS) is 18.0. The Bertz CT molecular complexity index is 897. The summed E-state index contributed by atoms with van der Waals surface area (Å²) in [6.07, 6.45) is 6.02. The third kappa shape index (κ3) is 2.50. The van der Waals surface area contributed by atoms with E-state index in [1.807, 2.05) is 37.5 Å². The van der Waals surface area contributed by atoms with E-state index in [-0.39, 0.29) is 5.56 Å². The van der Waals surface area contributed by atoms with Crippen LogP contribution in [0.3, 0.4) is 0 Å². The zero-order valence-corrected chi connectivity index (χ0v) is 13.1. The van der Waals surface area contributed by atoms with Gasteiger partial charge in [-0.1, -0.05) is 12.1 Å². The number of rotatable bonds is 3. The van der Waals surface area contributed by atoms with Crippen LogP contribution in [0.5, 0.6) is 0 Å². The number of H-pyrrole nitrogens is 1. The SMILES string of the molecule is Cc1nccn1C[C@@H]1CCCN1c1nc2ccccc2c(=O)[nH]1. The first-order chi connectivity index (χ1) is 11.2. The molecular weight excluding hydrogens is 290 g/mol.